The van der Waals surface area contributed by atoms with Gasteiger partial charge in [-0.2, -0.15) is 0 Å². The maximum absolute atomic E-state index is 9.16. The fourth-order valence-corrected chi connectivity index (χ4v) is 3.47. The Morgan fingerprint density at radius 3 is 2.75 bits per heavy atom. The third kappa shape index (κ3) is 2.84. The summed E-state index contributed by atoms with van der Waals surface area (Å²) in [6.07, 6.45) is 5.33. The summed E-state index contributed by atoms with van der Waals surface area (Å²) in [5.41, 5.74) is 1.39. The largest absolute Gasteiger partial charge is 0.395 e. The van der Waals surface area contributed by atoms with E-state index in [4.69, 9.17) is 5.11 Å². The maximum Gasteiger partial charge on any atom is 0.0558 e. The van der Waals surface area contributed by atoms with Crippen LogP contribution < -0.4 is 0 Å². The molecule has 1 aliphatic carbocycles. The average Bonchev–Trinajstić information content (AvgIpc) is 2.90. The van der Waals surface area contributed by atoms with E-state index in [0.717, 1.165) is 13.1 Å². The first-order valence-electron chi connectivity index (χ1n) is 6.19. The van der Waals surface area contributed by atoms with Crippen LogP contribution in [0.4, 0.5) is 0 Å². The minimum absolute atomic E-state index is 0.279. The molecule has 3 heteroatoms. The predicted octanol–water partition coefficient (Wildman–Crippen LogP) is 2.79. The SMILES string of the molecule is Cc1ccsc1CN(CCO)C1CCCC1. The van der Waals surface area contributed by atoms with E-state index in [1.54, 1.807) is 0 Å². The van der Waals surface area contributed by atoms with Crippen molar-refractivity contribution >= 4 is 11.3 Å². The first-order valence-corrected chi connectivity index (χ1v) is 7.07. The highest BCUT2D eigenvalue weighted by Gasteiger charge is 2.22. The molecule has 0 amide bonds. The number of hydrogen-bond donors (Lipinski definition) is 1. The monoisotopic (exact) mass is 239 g/mol. The van der Waals surface area contributed by atoms with Crippen LogP contribution in [0.15, 0.2) is 11.4 Å². The Hall–Kier alpha value is -0.380. The van der Waals surface area contributed by atoms with Gasteiger partial charge >= 0.3 is 0 Å². The number of hydrogen-bond acceptors (Lipinski definition) is 3. The normalized spacial score (nSPS) is 17.4. The molecule has 1 aliphatic rings. The number of thiophene rings is 1. The summed E-state index contributed by atoms with van der Waals surface area (Å²) in [4.78, 5) is 3.92. The Labute approximate surface area is 102 Å². The molecule has 0 spiro atoms. The molecule has 0 radical (unpaired) electrons. The van der Waals surface area contributed by atoms with E-state index < -0.39 is 0 Å². The lowest BCUT2D eigenvalue weighted by molar-refractivity contribution is 0.146. The van der Waals surface area contributed by atoms with Gasteiger partial charge in [-0.3, -0.25) is 4.90 Å². The predicted molar refractivity (Wildman–Crippen MR) is 68.8 cm³/mol. The quantitative estimate of drug-likeness (QED) is 0.854. The Morgan fingerprint density at radius 2 is 2.19 bits per heavy atom. The van der Waals surface area contributed by atoms with E-state index in [9.17, 15) is 0 Å². The molecule has 0 atom stereocenters. The molecule has 1 aromatic heterocycles. The third-order valence-electron chi connectivity index (χ3n) is 3.54. The maximum atomic E-state index is 9.16. The molecule has 0 aliphatic heterocycles. The topological polar surface area (TPSA) is 23.5 Å². The van der Waals surface area contributed by atoms with E-state index >= 15 is 0 Å². The summed E-state index contributed by atoms with van der Waals surface area (Å²) in [5.74, 6) is 0. The van der Waals surface area contributed by atoms with Crippen molar-refractivity contribution in [2.24, 2.45) is 0 Å². The summed E-state index contributed by atoms with van der Waals surface area (Å²) >= 11 is 1.84. The van der Waals surface area contributed by atoms with Gasteiger partial charge in [0, 0.05) is 24.0 Å². The molecule has 2 nitrogen and oxygen atoms in total. The second-order valence-electron chi connectivity index (χ2n) is 4.66. The van der Waals surface area contributed by atoms with Gasteiger partial charge in [-0.05, 0) is 36.8 Å². The van der Waals surface area contributed by atoms with Gasteiger partial charge in [-0.15, -0.1) is 11.3 Å². The zero-order valence-electron chi connectivity index (χ0n) is 9.98. The van der Waals surface area contributed by atoms with Gasteiger partial charge in [0.2, 0.25) is 0 Å². The number of rotatable bonds is 5. The minimum atomic E-state index is 0.279. The van der Waals surface area contributed by atoms with Crippen molar-refractivity contribution < 1.29 is 5.11 Å². The zero-order chi connectivity index (χ0) is 11.4. The van der Waals surface area contributed by atoms with Gasteiger partial charge in [0.15, 0.2) is 0 Å². The average molecular weight is 239 g/mol. The molecular formula is C13H21NOS. The molecule has 16 heavy (non-hydrogen) atoms. The Kier molecular flexibility index (Phi) is 4.38. The molecule has 1 heterocycles. The van der Waals surface area contributed by atoms with Crippen molar-refractivity contribution in [2.75, 3.05) is 13.2 Å². The van der Waals surface area contributed by atoms with Crippen LogP contribution >= 0.6 is 11.3 Å². The van der Waals surface area contributed by atoms with Crippen molar-refractivity contribution in [3.63, 3.8) is 0 Å². The lowest BCUT2D eigenvalue weighted by Crippen LogP contribution is -2.35. The van der Waals surface area contributed by atoms with E-state index in [0.29, 0.717) is 6.04 Å². The molecule has 1 saturated carbocycles. The minimum Gasteiger partial charge on any atom is -0.395 e. The van der Waals surface area contributed by atoms with Crippen LogP contribution in [-0.2, 0) is 6.54 Å². The smallest absolute Gasteiger partial charge is 0.0558 e. The molecule has 1 N–H and O–H groups in total. The summed E-state index contributed by atoms with van der Waals surface area (Å²) in [7, 11) is 0. The van der Waals surface area contributed by atoms with Crippen LogP contribution in [0, 0.1) is 6.92 Å². The highest BCUT2D eigenvalue weighted by atomic mass is 32.1. The van der Waals surface area contributed by atoms with E-state index in [2.05, 4.69) is 23.3 Å². The number of aliphatic hydroxyl groups is 1. The van der Waals surface area contributed by atoms with Crippen LogP contribution in [0.2, 0.25) is 0 Å². The standard InChI is InChI=1S/C13H21NOS/c1-11-6-9-16-13(11)10-14(7-8-15)12-4-2-3-5-12/h6,9,12,15H,2-5,7-8,10H2,1H3. The fourth-order valence-electron chi connectivity index (χ4n) is 2.54. The number of aryl methyl sites for hydroxylation is 1. The van der Waals surface area contributed by atoms with Crippen molar-refractivity contribution in [2.45, 2.75) is 45.2 Å². The van der Waals surface area contributed by atoms with Crippen molar-refractivity contribution in [1.29, 1.82) is 0 Å². The first-order chi connectivity index (χ1) is 7.81. The van der Waals surface area contributed by atoms with Crippen LogP contribution in [0.25, 0.3) is 0 Å². The summed E-state index contributed by atoms with van der Waals surface area (Å²) in [5, 5.41) is 11.3. The van der Waals surface area contributed by atoms with E-state index in [1.165, 1.54) is 36.1 Å². The van der Waals surface area contributed by atoms with Crippen molar-refractivity contribution in [3.8, 4) is 0 Å². The van der Waals surface area contributed by atoms with Crippen LogP contribution in [0.1, 0.15) is 36.1 Å². The van der Waals surface area contributed by atoms with E-state index in [1.807, 2.05) is 11.3 Å². The van der Waals surface area contributed by atoms with Crippen LogP contribution in [0.3, 0.4) is 0 Å². The number of nitrogens with zero attached hydrogens (tertiary/aromatic N) is 1. The molecule has 0 unspecified atom stereocenters. The van der Waals surface area contributed by atoms with E-state index in [-0.39, 0.29) is 6.61 Å². The van der Waals surface area contributed by atoms with Gasteiger partial charge in [0.25, 0.3) is 0 Å². The Morgan fingerprint density at radius 1 is 1.44 bits per heavy atom. The second-order valence-corrected chi connectivity index (χ2v) is 5.66. The third-order valence-corrected chi connectivity index (χ3v) is 4.55. The molecular weight excluding hydrogens is 218 g/mol. The highest BCUT2D eigenvalue weighted by Crippen LogP contribution is 2.26. The molecule has 2 rings (SSSR count). The van der Waals surface area contributed by atoms with Crippen molar-refractivity contribution in [1.82, 2.24) is 4.90 Å². The van der Waals surface area contributed by atoms with Crippen LogP contribution in [0.5, 0.6) is 0 Å². The molecule has 1 fully saturated rings. The highest BCUT2D eigenvalue weighted by molar-refractivity contribution is 7.10. The van der Waals surface area contributed by atoms with Gasteiger partial charge in [0.1, 0.15) is 0 Å². The Balaban J connectivity index is 1.99. The van der Waals surface area contributed by atoms with Crippen molar-refractivity contribution in [3.05, 3.63) is 21.9 Å². The Bertz CT molecular complexity index is 317. The van der Waals surface area contributed by atoms with Crippen LogP contribution in [-0.4, -0.2) is 29.2 Å². The molecule has 1 aromatic rings. The van der Waals surface area contributed by atoms with Gasteiger partial charge in [-0.1, -0.05) is 12.8 Å². The lowest BCUT2D eigenvalue weighted by atomic mass is 10.2. The first kappa shape index (κ1) is 12.1. The van der Waals surface area contributed by atoms with Gasteiger partial charge in [0.05, 0.1) is 6.61 Å². The summed E-state index contributed by atoms with van der Waals surface area (Å²) < 4.78 is 0. The molecule has 0 saturated heterocycles. The van der Waals surface area contributed by atoms with Gasteiger partial charge in [-0.25, -0.2) is 0 Å². The van der Waals surface area contributed by atoms with Gasteiger partial charge < -0.3 is 5.11 Å². The molecule has 0 bridgehead atoms. The summed E-state index contributed by atoms with van der Waals surface area (Å²) in [6.45, 7) is 4.30. The lowest BCUT2D eigenvalue weighted by Gasteiger charge is -2.27. The second kappa shape index (κ2) is 5.80. The zero-order valence-corrected chi connectivity index (χ0v) is 10.8. The number of aliphatic hydroxyl groups excluding tert-OH is 1. The molecule has 0 aromatic carbocycles. The fraction of sp³-hybridized carbons (Fsp3) is 0.692. The molecule has 90 valence electrons. The summed E-state index contributed by atoms with van der Waals surface area (Å²) in [6, 6.07) is 2.89.